The first-order valence-electron chi connectivity index (χ1n) is 4.67. The number of fused-ring (bicyclic) bond motifs is 1. The second-order valence-electron chi connectivity index (χ2n) is 3.70. The molecule has 1 aliphatic rings. The van der Waals surface area contributed by atoms with Gasteiger partial charge in [0.25, 0.3) is 5.91 Å². The van der Waals surface area contributed by atoms with Gasteiger partial charge in [-0.25, -0.2) is 0 Å². The highest BCUT2D eigenvalue weighted by Crippen LogP contribution is 2.21. The van der Waals surface area contributed by atoms with Crippen LogP contribution in [0.2, 0.25) is 0 Å². The van der Waals surface area contributed by atoms with Gasteiger partial charge in [-0.1, -0.05) is 6.08 Å². The highest BCUT2D eigenvalue weighted by molar-refractivity contribution is 6.14. The van der Waals surface area contributed by atoms with Gasteiger partial charge in [-0.05, 0) is 29.8 Å². The zero-order valence-corrected chi connectivity index (χ0v) is 8.65. The van der Waals surface area contributed by atoms with Crippen LogP contribution in [-0.2, 0) is 0 Å². The number of benzene rings is 1. The zero-order valence-electron chi connectivity index (χ0n) is 8.65. The van der Waals surface area contributed by atoms with Crippen molar-refractivity contribution < 1.29 is 9.59 Å². The molecule has 1 aromatic carbocycles. The van der Waals surface area contributed by atoms with Crippen molar-refractivity contribution >= 4 is 17.8 Å². The van der Waals surface area contributed by atoms with Crippen molar-refractivity contribution in [1.82, 2.24) is 4.90 Å². The third-order valence-corrected chi connectivity index (χ3v) is 2.38. The fourth-order valence-corrected chi connectivity index (χ4v) is 1.57. The molecular weight excluding hydrogens is 190 g/mol. The molecule has 0 N–H and O–H groups in total. The lowest BCUT2D eigenvalue weighted by Crippen LogP contribution is -2.21. The van der Waals surface area contributed by atoms with E-state index in [0.29, 0.717) is 11.1 Å². The first-order chi connectivity index (χ1) is 7.09. The van der Waals surface area contributed by atoms with E-state index >= 15 is 0 Å². The number of amides is 1. The van der Waals surface area contributed by atoms with E-state index < -0.39 is 0 Å². The van der Waals surface area contributed by atoms with Crippen LogP contribution in [-0.4, -0.2) is 30.7 Å². The number of hydrogen-bond acceptors (Lipinski definition) is 2. The molecule has 2 rings (SSSR count). The molecule has 0 spiro atoms. The lowest BCUT2D eigenvalue weighted by atomic mass is 10.1. The number of ketones is 1. The molecule has 76 valence electrons. The Morgan fingerprint density at radius 3 is 2.60 bits per heavy atom. The molecule has 0 aromatic heterocycles. The maximum Gasteiger partial charge on any atom is 0.253 e. The minimum Gasteiger partial charge on any atom is -0.345 e. The summed E-state index contributed by atoms with van der Waals surface area (Å²) < 4.78 is 0. The summed E-state index contributed by atoms with van der Waals surface area (Å²) in [6.45, 7) is 0. The number of hydrogen-bond donors (Lipinski definition) is 0. The van der Waals surface area contributed by atoms with Gasteiger partial charge in [0.15, 0.2) is 5.78 Å². The quantitative estimate of drug-likeness (QED) is 0.692. The smallest absolute Gasteiger partial charge is 0.253 e. The van der Waals surface area contributed by atoms with E-state index in [-0.39, 0.29) is 11.7 Å². The van der Waals surface area contributed by atoms with Crippen molar-refractivity contribution in [3.8, 4) is 0 Å². The summed E-state index contributed by atoms with van der Waals surface area (Å²) >= 11 is 0. The second kappa shape index (κ2) is 3.35. The molecule has 0 saturated heterocycles. The Kier molecular flexibility index (Phi) is 2.15. The summed E-state index contributed by atoms with van der Waals surface area (Å²) in [5.74, 6) is -0.0422. The number of allylic oxidation sites excluding steroid dienone is 1. The van der Waals surface area contributed by atoms with Crippen molar-refractivity contribution in [3.05, 3.63) is 41.0 Å². The van der Waals surface area contributed by atoms with Gasteiger partial charge in [0.1, 0.15) is 0 Å². The van der Waals surface area contributed by atoms with Gasteiger partial charge in [0.2, 0.25) is 0 Å². The molecule has 0 unspecified atom stereocenters. The predicted octanol–water partition coefficient (Wildman–Crippen LogP) is 1.60. The van der Waals surface area contributed by atoms with Crippen molar-refractivity contribution in [2.75, 3.05) is 14.1 Å². The highest BCUT2D eigenvalue weighted by Gasteiger charge is 2.16. The molecule has 0 bridgehead atoms. The molecule has 15 heavy (non-hydrogen) atoms. The average Bonchev–Trinajstić information content (AvgIpc) is 2.59. The van der Waals surface area contributed by atoms with E-state index in [1.54, 1.807) is 38.4 Å². The van der Waals surface area contributed by atoms with Crippen LogP contribution in [0.3, 0.4) is 0 Å². The van der Waals surface area contributed by atoms with E-state index in [0.717, 1.165) is 5.56 Å². The lowest BCUT2D eigenvalue weighted by Gasteiger charge is -2.10. The standard InChI is InChI=1S/C12H11NO2/c1-13(2)12(15)9-3-5-10-8(7-9)4-6-11(10)14/h3-7H,1-2H3. The van der Waals surface area contributed by atoms with Gasteiger partial charge < -0.3 is 4.90 Å². The number of carbonyl (C=O) groups excluding carboxylic acids is 2. The fourth-order valence-electron chi connectivity index (χ4n) is 1.57. The van der Waals surface area contributed by atoms with Gasteiger partial charge in [-0.3, -0.25) is 9.59 Å². The first-order valence-corrected chi connectivity index (χ1v) is 4.67. The zero-order chi connectivity index (χ0) is 11.0. The molecule has 0 radical (unpaired) electrons. The van der Waals surface area contributed by atoms with Gasteiger partial charge in [0, 0.05) is 25.2 Å². The first kappa shape index (κ1) is 9.65. The van der Waals surface area contributed by atoms with Gasteiger partial charge in [0.05, 0.1) is 0 Å². The Morgan fingerprint density at radius 2 is 1.93 bits per heavy atom. The maximum absolute atomic E-state index is 11.6. The molecule has 3 heteroatoms. The van der Waals surface area contributed by atoms with Gasteiger partial charge >= 0.3 is 0 Å². The number of nitrogens with zero attached hydrogens (tertiary/aromatic N) is 1. The lowest BCUT2D eigenvalue weighted by molar-refractivity contribution is 0.0827. The molecule has 0 atom stereocenters. The maximum atomic E-state index is 11.6. The molecule has 0 aliphatic heterocycles. The van der Waals surface area contributed by atoms with Crippen molar-refractivity contribution in [1.29, 1.82) is 0 Å². The monoisotopic (exact) mass is 201 g/mol. The average molecular weight is 201 g/mol. The van der Waals surface area contributed by atoms with E-state index in [2.05, 4.69) is 0 Å². The van der Waals surface area contributed by atoms with Crippen LogP contribution < -0.4 is 0 Å². The second-order valence-corrected chi connectivity index (χ2v) is 3.70. The molecule has 1 aliphatic carbocycles. The van der Waals surface area contributed by atoms with E-state index in [1.165, 1.54) is 11.0 Å². The summed E-state index contributed by atoms with van der Waals surface area (Å²) in [6, 6.07) is 5.14. The Morgan fingerprint density at radius 1 is 1.20 bits per heavy atom. The Bertz CT molecular complexity index is 473. The Hall–Kier alpha value is -1.90. The predicted molar refractivity (Wildman–Crippen MR) is 57.8 cm³/mol. The van der Waals surface area contributed by atoms with Crippen LogP contribution in [0.1, 0.15) is 26.3 Å². The Labute approximate surface area is 88.0 Å². The van der Waals surface area contributed by atoms with Crippen LogP contribution in [0.5, 0.6) is 0 Å². The van der Waals surface area contributed by atoms with Crippen LogP contribution >= 0.6 is 0 Å². The van der Waals surface area contributed by atoms with E-state index in [9.17, 15) is 9.59 Å². The van der Waals surface area contributed by atoms with Crippen LogP contribution in [0, 0.1) is 0 Å². The molecule has 0 saturated carbocycles. The van der Waals surface area contributed by atoms with E-state index in [1.807, 2.05) is 0 Å². The van der Waals surface area contributed by atoms with Crippen LogP contribution in [0.4, 0.5) is 0 Å². The highest BCUT2D eigenvalue weighted by atomic mass is 16.2. The SMILES string of the molecule is CN(C)C(=O)c1ccc2c(c1)C=CC2=O. The summed E-state index contributed by atoms with van der Waals surface area (Å²) in [7, 11) is 3.41. The number of carbonyl (C=O) groups is 2. The molecule has 0 fully saturated rings. The van der Waals surface area contributed by atoms with Crippen molar-refractivity contribution in [2.24, 2.45) is 0 Å². The minimum absolute atomic E-state index is 0.00820. The molecule has 3 nitrogen and oxygen atoms in total. The topological polar surface area (TPSA) is 37.4 Å². The molecule has 1 amide bonds. The summed E-state index contributed by atoms with van der Waals surface area (Å²) in [6.07, 6.45) is 3.26. The summed E-state index contributed by atoms with van der Waals surface area (Å²) in [5.41, 5.74) is 2.11. The molecular formula is C12H11NO2. The number of rotatable bonds is 1. The normalized spacial score (nSPS) is 12.8. The minimum atomic E-state index is -0.0504. The third-order valence-electron chi connectivity index (χ3n) is 2.38. The Balaban J connectivity index is 2.43. The summed E-state index contributed by atoms with van der Waals surface area (Å²) in [4.78, 5) is 24.5. The summed E-state index contributed by atoms with van der Waals surface area (Å²) in [5, 5.41) is 0. The van der Waals surface area contributed by atoms with Crippen LogP contribution in [0.15, 0.2) is 24.3 Å². The van der Waals surface area contributed by atoms with Gasteiger partial charge in [-0.15, -0.1) is 0 Å². The van der Waals surface area contributed by atoms with Gasteiger partial charge in [-0.2, -0.15) is 0 Å². The van der Waals surface area contributed by atoms with Crippen molar-refractivity contribution in [2.45, 2.75) is 0 Å². The molecule has 1 aromatic rings. The van der Waals surface area contributed by atoms with Crippen LogP contribution in [0.25, 0.3) is 6.08 Å². The van der Waals surface area contributed by atoms with E-state index in [4.69, 9.17) is 0 Å². The van der Waals surface area contributed by atoms with Crippen molar-refractivity contribution in [3.63, 3.8) is 0 Å². The fraction of sp³-hybridized carbons (Fsp3) is 0.167. The molecule has 0 heterocycles. The third kappa shape index (κ3) is 1.56. The largest absolute Gasteiger partial charge is 0.345 e.